The second kappa shape index (κ2) is 7.19. The highest BCUT2D eigenvalue weighted by Crippen LogP contribution is 2.19. The number of benzene rings is 1. The lowest BCUT2D eigenvalue weighted by Crippen LogP contribution is -2.41. The number of likely N-dealkylation sites (N-methyl/N-ethyl adjacent to an activating group) is 1. The lowest BCUT2D eigenvalue weighted by molar-refractivity contribution is -0.120. The zero-order valence-electron chi connectivity index (χ0n) is 12.3. The number of amides is 2. The van der Waals surface area contributed by atoms with Crippen LogP contribution in [0.5, 0.6) is 0 Å². The number of carbonyl (C=O) groups excluding carboxylic acids is 2. The first-order chi connectivity index (χ1) is 10.2. The summed E-state index contributed by atoms with van der Waals surface area (Å²) in [7, 11) is 1.56. The van der Waals surface area contributed by atoms with Crippen LogP contribution in [0, 0.1) is 5.92 Å². The molecule has 2 atom stereocenters. The van der Waals surface area contributed by atoms with Crippen molar-refractivity contribution in [2.45, 2.75) is 13.0 Å². The van der Waals surface area contributed by atoms with E-state index >= 15 is 0 Å². The Labute approximate surface area is 124 Å². The molecule has 6 heteroatoms. The molecule has 6 nitrogen and oxygen atoms in total. The van der Waals surface area contributed by atoms with E-state index in [2.05, 4.69) is 16.0 Å². The Kier molecular flexibility index (Phi) is 5.30. The number of hydrogen-bond donors (Lipinski definition) is 3. The fourth-order valence-corrected chi connectivity index (χ4v) is 2.43. The average molecular weight is 291 g/mol. The van der Waals surface area contributed by atoms with Gasteiger partial charge in [-0.2, -0.15) is 0 Å². The van der Waals surface area contributed by atoms with Crippen LogP contribution in [0.25, 0.3) is 0 Å². The summed E-state index contributed by atoms with van der Waals surface area (Å²) in [6.07, 6.45) is 0. The SMILES string of the molecule is CCNC1COCC1C(=O)Nc1ccccc1C(=O)NC. The van der Waals surface area contributed by atoms with Crippen molar-refractivity contribution in [3.8, 4) is 0 Å². The van der Waals surface area contributed by atoms with Crippen molar-refractivity contribution in [1.82, 2.24) is 10.6 Å². The van der Waals surface area contributed by atoms with Crippen LogP contribution in [0.15, 0.2) is 24.3 Å². The minimum absolute atomic E-state index is 0.0159. The standard InChI is InChI=1S/C15H21N3O3/c1-3-17-13-9-21-8-11(13)15(20)18-12-7-5-4-6-10(12)14(19)16-2/h4-7,11,13,17H,3,8-9H2,1-2H3,(H,16,19)(H,18,20). The highest BCUT2D eigenvalue weighted by molar-refractivity contribution is 6.04. The molecular formula is C15H21N3O3. The van der Waals surface area contributed by atoms with E-state index in [4.69, 9.17) is 4.74 Å². The lowest BCUT2D eigenvalue weighted by Gasteiger charge is -2.18. The smallest absolute Gasteiger partial charge is 0.253 e. The van der Waals surface area contributed by atoms with Crippen LogP contribution >= 0.6 is 0 Å². The molecule has 3 N–H and O–H groups in total. The molecule has 2 unspecified atom stereocenters. The molecule has 0 radical (unpaired) electrons. The molecule has 1 aromatic rings. The molecular weight excluding hydrogens is 270 g/mol. The second-order valence-electron chi connectivity index (χ2n) is 4.92. The summed E-state index contributed by atoms with van der Waals surface area (Å²) in [5.74, 6) is -0.602. The van der Waals surface area contributed by atoms with Gasteiger partial charge >= 0.3 is 0 Å². The Bertz CT molecular complexity index is 519. The first kappa shape index (κ1) is 15.5. The highest BCUT2D eigenvalue weighted by Gasteiger charge is 2.33. The number of carbonyl (C=O) groups is 2. The van der Waals surface area contributed by atoms with Crippen molar-refractivity contribution in [3.05, 3.63) is 29.8 Å². The molecule has 1 aromatic carbocycles. The topological polar surface area (TPSA) is 79.5 Å². The van der Waals surface area contributed by atoms with E-state index in [1.165, 1.54) is 0 Å². The van der Waals surface area contributed by atoms with E-state index in [0.717, 1.165) is 6.54 Å². The van der Waals surface area contributed by atoms with E-state index in [-0.39, 0.29) is 23.8 Å². The van der Waals surface area contributed by atoms with Crippen LogP contribution in [0.4, 0.5) is 5.69 Å². The van der Waals surface area contributed by atoms with E-state index in [9.17, 15) is 9.59 Å². The van der Waals surface area contributed by atoms with Gasteiger partial charge < -0.3 is 20.7 Å². The summed E-state index contributed by atoms with van der Waals surface area (Å²) in [5, 5.41) is 8.65. The maximum Gasteiger partial charge on any atom is 0.253 e. The maximum atomic E-state index is 12.4. The van der Waals surface area contributed by atoms with Crippen molar-refractivity contribution in [1.29, 1.82) is 0 Å². The van der Waals surface area contributed by atoms with Crippen molar-refractivity contribution in [2.24, 2.45) is 5.92 Å². The zero-order chi connectivity index (χ0) is 15.2. The predicted molar refractivity (Wildman–Crippen MR) is 80.2 cm³/mol. The third-order valence-corrected chi connectivity index (χ3v) is 3.54. The molecule has 0 saturated carbocycles. The summed E-state index contributed by atoms with van der Waals surface area (Å²) in [6.45, 7) is 3.70. The molecule has 1 aliphatic rings. The Morgan fingerprint density at radius 2 is 2.05 bits per heavy atom. The van der Waals surface area contributed by atoms with Gasteiger partial charge in [0.1, 0.15) is 0 Å². The first-order valence-corrected chi connectivity index (χ1v) is 7.10. The third-order valence-electron chi connectivity index (χ3n) is 3.54. The fourth-order valence-electron chi connectivity index (χ4n) is 2.43. The van der Waals surface area contributed by atoms with Gasteiger partial charge in [-0.15, -0.1) is 0 Å². The molecule has 114 valence electrons. The minimum atomic E-state index is -0.248. The van der Waals surface area contributed by atoms with Crippen LogP contribution in [0.3, 0.4) is 0 Å². The van der Waals surface area contributed by atoms with E-state index in [1.807, 2.05) is 6.92 Å². The number of para-hydroxylation sites is 1. The van der Waals surface area contributed by atoms with Crippen molar-refractivity contribution in [3.63, 3.8) is 0 Å². The molecule has 2 rings (SSSR count). The number of rotatable bonds is 5. The monoisotopic (exact) mass is 291 g/mol. The van der Waals surface area contributed by atoms with E-state index in [0.29, 0.717) is 24.5 Å². The molecule has 0 aromatic heterocycles. The molecule has 0 aliphatic carbocycles. The normalized spacial score (nSPS) is 21.0. The molecule has 0 bridgehead atoms. The maximum absolute atomic E-state index is 12.4. The highest BCUT2D eigenvalue weighted by atomic mass is 16.5. The van der Waals surface area contributed by atoms with Gasteiger partial charge in [-0.3, -0.25) is 9.59 Å². The van der Waals surface area contributed by atoms with Gasteiger partial charge in [0.25, 0.3) is 5.91 Å². The summed E-state index contributed by atoms with van der Waals surface area (Å²) >= 11 is 0. The van der Waals surface area contributed by atoms with Gasteiger partial charge in [0.05, 0.1) is 30.4 Å². The molecule has 0 spiro atoms. The predicted octanol–water partition coefficient (Wildman–Crippen LogP) is 0.609. The van der Waals surface area contributed by atoms with Crippen LogP contribution in [0.1, 0.15) is 17.3 Å². The van der Waals surface area contributed by atoms with Crippen LogP contribution in [-0.4, -0.2) is 44.7 Å². The minimum Gasteiger partial charge on any atom is -0.379 e. The Balaban J connectivity index is 2.11. The third kappa shape index (κ3) is 3.59. The van der Waals surface area contributed by atoms with Crippen LogP contribution in [-0.2, 0) is 9.53 Å². The summed E-state index contributed by atoms with van der Waals surface area (Å²) in [4.78, 5) is 24.2. The second-order valence-corrected chi connectivity index (χ2v) is 4.92. The van der Waals surface area contributed by atoms with Gasteiger partial charge in [-0.1, -0.05) is 19.1 Å². The Hall–Kier alpha value is -1.92. The largest absolute Gasteiger partial charge is 0.379 e. The van der Waals surface area contributed by atoms with Gasteiger partial charge in [-0.05, 0) is 18.7 Å². The van der Waals surface area contributed by atoms with Gasteiger partial charge in [-0.25, -0.2) is 0 Å². The number of nitrogens with one attached hydrogen (secondary N) is 3. The van der Waals surface area contributed by atoms with Crippen LogP contribution < -0.4 is 16.0 Å². The van der Waals surface area contributed by atoms with Gasteiger partial charge in [0.2, 0.25) is 5.91 Å². The Morgan fingerprint density at radius 3 is 2.76 bits per heavy atom. The first-order valence-electron chi connectivity index (χ1n) is 7.10. The number of hydrogen-bond acceptors (Lipinski definition) is 4. The van der Waals surface area contributed by atoms with Gasteiger partial charge in [0, 0.05) is 13.1 Å². The van der Waals surface area contributed by atoms with Crippen LogP contribution in [0.2, 0.25) is 0 Å². The average Bonchev–Trinajstić information content (AvgIpc) is 2.96. The molecule has 1 fully saturated rings. The molecule has 1 aliphatic heterocycles. The number of anilines is 1. The summed E-state index contributed by atoms with van der Waals surface area (Å²) in [6, 6.07) is 6.97. The summed E-state index contributed by atoms with van der Waals surface area (Å²) in [5.41, 5.74) is 0.969. The lowest BCUT2D eigenvalue weighted by atomic mass is 10.0. The van der Waals surface area contributed by atoms with Crippen molar-refractivity contribution >= 4 is 17.5 Å². The molecule has 2 amide bonds. The fraction of sp³-hybridized carbons (Fsp3) is 0.467. The zero-order valence-corrected chi connectivity index (χ0v) is 12.3. The molecule has 1 saturated heterocycles. The number of ether oxygens (including phenoxy) is 1. The Morgan fingerprint density at radius 1 is 1.29 bits per heavy atom. The molecule has 1 heterocycles. The van der Waals surface area contributed by atoms with E-state index < -0.39 is 0 Å². The summed E-state index contributed by atoms with van der Waals surface area (Å²) < 4.78 is 5.38. The van der Waals surface area contributed by atoms with Crippen molar-refractivity contribution in [2.75, 3.05) is 32.1 Å². The van der Waals surface area contributed by atoms with E-state index in [1.54, 1.807) is 31.3 Å². The van der Waals surface area contributed by atoms with Gasteiger partial charge in [0.15, 0.2) is 0 Å². The van der Waals surface area contributed by atoms with Crippen molar-refractivity contribution < 1.29 is 14.3 Å². The molecule has 21 heavy (non-hydrogen) atoms. The quantitative estimate of drug-likeness (QED) is 0.742.